The molecule has 0 aliphatic carbocycles. The third kappa shape index (κ3) is 7.35. The molecule has 8 heteroatoms. The number of azide groups is 1. The minimum Gasteiger partial charge on any atom is -0.444 e. The summed E-state index contributed by atoms with van der Waals surface area (Å²) in [4.78, 5) is 17.5. The Morgan fingerprint density at radius 3 is 2.41 bits per heavy atom. The van der Waals surface area contributed by atoms with Crippen molar-refractivity contribution in [3.8, 4) is 0 Å². The molecule has 27 heavy (non-hydrogen) atoms. The first kappa shape index (κ1) is 23.8. The Morgan fingerprint density at radius 2 is 1.89 bits per heavy atom. The maximum atomic E-state index is 12.8. The second-order valence-corrected chi connectivity index (χ2v) is 14.7. The topological polar surface area (TPSA) is 87.5 Å². The standard InChI is InChI=1S/C19H38N4O3Si/c1-18(2,3)25-17(24)23-14-10-12-16(15(23)11-9-13-21-22-20)26-27(7,8)19(4,5)6/h15-16H,9-14H2,1-8H3/t15-,16+/m1/s1. The van der Waals surface area contributed by atoms with Gasteiger partial charge in [0.15, 0.2) is 8.32 Å². The summed E-state index contributed by atoms with van der Waals surface area (Å²) >= 11 is 0. The lowest BCUT2D eigenvalue weighted by Gasteiger charge is -2.47. The summed E-state index contributed by atoms with van der Waals surface area (Å²) in [5.74, 6) is 0. The predicted molar refractivity (Wildman–Crippen MR) is 111 cm³/mol. The summed E-state index contributed by atoms with van der Waals surface area (Å²) in [7, 11) is -1.96. The monoisotopic (exact) mass is 398 g/mol. The second kappa shape index (κ2) is 9.30. The summed E-state index contributed by atoms with van der Waals surface area (Å²) in [6, 6.07) is -0.0448. The molecule has 0 bridgehead atoms. The van der Waals surface area contributed by atoms with Crippen LogP contribution in [0, 0.1) is 0 Å². The van der Waals surface area contributed by atoms with E-state index in [2.05, 4.69) is 43.9 Å². The van der Waals surface area contributed by atoms with Crippen molar-refractivity contribution in [3.63, 3.8) is 0 Å². The molecule has 0 radical (unpaired) electrons. The third-order valence-electron chi connectivity index (χ3n) is 5.42. The van der Waals surface area contributed by atoms with E-state index >= 15 is 0 Å². The van der Waals surface area contributed by atoms with Gasteiger partial charge in [0, 0.05) is 18.0 Å². The number of hydrogen-bond donors (Lipinski definition) is 0. The number of carbonyl (C=O) groups is 1. The lowest BCUT2D eigenvalue weighted by molar-refractivity contribution is -0.0216. The van der Waals surface area contributed by atoms with Crippen LogP contribution < -0.4 is 0 Å². The molecule has 0 saturated carbocycles. The largest absolute Gasteiger partial charge is 0.444 e. The van der Waals surface area contributed by atoms with Crippen molar-refractivity contribution in [1.82, 2.24) is 4.90 Å². The lowest BCUT2D eigenvalue weighted by Crippen LogP contribution is -2.56. The van der Waals surface area contributed by atoms with E-state index in [1.54, 1.807) is 0 Å². The molecule has 1 aliphatic rings. The molecule has 0 unspecified atom stereocenters. The molecule has 0 spiro atoms. The molecule has 1 fully saturated rings. The van der Waals surface area contributed by atoms with Gasteiger partial charge in [-0.25, -0.2) is 4.79 Å². The fraction of sp³-hybridized carbons (Fsp3) is 0.947. The number of hydrogen-bond acceptors (Lipinski definition) is 4. The van der Waals surface area contributed by atoms with Crippen LogP contribution in [-0.2, 0) is 9.16 Å². The minimum absolute atomic E-state index is 0.00164. The van der Waals surface area contributed by atoms with E-state index in [0.717, 1.165) is 25.7 Å². The van der Waals surface area contributed by atoms with Gasteiger partial charge in [0.25, 0.3) is 0 Å². The Labute approximate surface area is 165 Å². The van der Waals surface area contributed by atoms with Crippen molar-refractivity contribution >= 4 is 14.4 Å². The van der Waals surface area contributed by atoms with Crippen molar-refractivity contribution in [2.45, 2.75) is 103 Å². The van der Waals surface area contributed by atoms with Crippen LogP contribution in [0.25, 0.3) is 10.4 Å². The highest BCUT2D eigenvalue weighted by Gasteiger charge is 2.44. The quantitative estimate of drug-likeness (QED) is 0.184. The zero-order chi connectivity index (χ0) is 20.9. The highest BCUT2D eigenvalue weighted by Crippen LogP contribution is 2.39. The van der Waals surface area contributed by atoms with Crippen LogP contribution >= 0.6 is 0 Å². The van der Waals surface area contributed by atoms with E-state index in [1.165, 1.54) is 0 Å². The fourth-order valence-electron chi connectivity index (χ4n) is 3.02. The molecule has 2 atom stereocenters. The van der Waals surface area contributed by atoms with Crippen molar-refractivity contribution in [1.29, 1.82) is 0 Å². The van der Waals surface area contributed by atoms with Crippen molar-refractivity contribution in [3.05, 3.63) is 10.4 Å². The third-order valence-corrected chi connectivity index (χ3v) is 9.92. The normalized spacial score (nSPS) is 21.6. The highest BCUT2D eigenvalue weighted by molar-refractivity contribution is 6.74. The van der Waals surface area contributed by atoms with Gasteiger partial charge >= 0.3 is 6.09 Å². The molecular weight excluding hydrogens is 360 g/mol. The first-order valence-electron chi connectivity index (χ1n) is 9.97. The number of carbonyl (C=O) groups excluding carboxylic acids is 1. The first-order chi connectivity index (χ1) is 12.3. The highest BCUT2D eigenvalue weighted by atomic mass is 28.4. The van der Waals surface area contributed by atoms with Crippen LogP contribution in [0.2, 0.25) is 18.1 Å². The smallest absolute Gasteiger partial charge is 0.410 e. The van der Waals surface area contributed by atoms with E-state index in [-0.39, 0.29) is 23.3 Å². The number of ether oxygens (including phenoxy) is 1. The lowest BCUT2D eigenvalue weighted by atomic mass is 9.95. The molecule has 1 rings (SSSR count). The molecule has 1 heterocycles. The summed E-state index contributed by atoms with van der Waals surface area (Å²) < 4.78 is 12.4. The van der Waals surface area contributed by atoms with Gasteiger partial charge < -0.3 is 14.1 Å². The van der Waals surface area contributed by atoms with Gasteiger partial charge in [-0.15, -0.1) is 0 Å². The average Bonchev–Trinajstić information content (AvgIpc) is 2.49. The maximum absolute atomic E-state index is 12.8. The average molecular weight is 399 g/mol. The van der Waals surface area contributed by atoms with Gasteiger partial charge in [-0.05, 0) is 70.1 Å². The van der Waals surface area contributed by atoms with Gasteiger partial charge in [-0.1, -0.05) is 25.9 Å². The van der Waals surface area contributed by atoms with Crippen molar-refractivity contribution in [2.75, 3.05) is 13.1 Å². The Balaban J connectivity index is 3.00. The molecule has 156 valence electrons. The summed E-state index contributed by atoms with van der Waals surface area (Å²) in [5.41, 5.74) is 7.99. The van der Waals surface area contributed by atoms with Crippen LogP contribution in [0.3, 0.4) is 0 Å². The van der Waals surface area contributed by atoms with Gasteiger partial charge in [0.2, 0.25) is 0 Å². The van der Waals surface area contributed by atoms with Crippen LogP contribution in [0.4, 0.5) is 4.79 Å². The molecule has 1 aliphatic heterocycles. The molecular formula is C19H38N4O3Si. The molecule has 0 N–H and O–H groups in total. The second-order valence-electron chi connectivity index (χ2n) is 9.90. The molecule has 0 aromatic carbocycles. The number of piperidine rings is 1. The Morgan fingerprint density at radius 1 is 1.26 bits per heavy atom. The molecule has 0 aromatic rings. The number of rotatable bonds is 6. The Hall–Kier alpha value is -1.24. The predicted octanol–water partition coefficient (Wildman–Crippen LogP) is 5.87. The van der Waals surface area contributed by atoms with Gasteiger partial charge in [-0.3, -0.25) is 0 Å². The van der Waals surface area contributed by atoms with Crippen molar-refractivity contribution < 1.29 is 14.0 Å². The zero-order valence-electron chi connectivity index (χ0n) is 18.4. The van der Waals surface area contributed by atoms with Gasteiger partial charge in [-0.2, -0.15) is 0 Å². The Bertz CT molecular complexity index is 548. The van der Waals surface area contributed by atoms with Crippen LogP contribution in [0.5, 0.6) is 0 Å². The minimum atomic E-state index is -1.96. The summed E-state index contributed by atoms with van der Waals surface area (Å²) in [6.45, 7) is 17.9. The van der Waals surface area contributed by atoms with Gasteiger partial charge in [0.05, 0.1) is 12.1 Å². The molecule has 1 saturated heterocycles. The molecule has 0 aromatic heterocycles. The van der Waals surface area contributed by atoms with Gasteiger partial charge in [0.1, 0.15) is 5.60 Å². The Kier molecular flexibility index (Phi) is 8.20. The zero-order valence-corrected chi connectivity index (χ0v) is 19.4. The van der Waals surface area contributed by atoms with E-state index < -0.39 is 13.9 Å². The molecule has 7 nitrogen and oxygen atoms in total. The summed E-state index contributed by atoms with van der Waals surface area (Å²) in [5, 5.41) is 3.75. The van der Waals surface area contributed by atoms with E-state index in [0.29, 0.717) is 13.1 Å². The SMILES string of the molecule is CC(C)(C)OC(=O)N1CCC[C@H](O[Si](C)(C)C(C)(C)C)[C@H]1CCCN=[N+]=[N-]. The fourth-order valence-corrected chi connectivity index (χ4v) is 4.40. The van der Waals surface area contributed by atoms with Crippen LogP contribution in [-0.4, -0.2) is 50.1 Å². The maximum Gasteiger partial charge on any atom is 0.410 e. The summed E-state index contributed by atoms with van der Waals surface area (Å²) in [6.07, 6.45) is 3.05. The van der Waals surface area contributed by atoms with E-state index in [9.17, 15) is 4.79 Å². The number of likely N-dealkylation sites (tertiary alicyclic amines) is 1. The number of amides is 1. The molecule has 1 amide bonds. The number of nitrogens with zero attached hydrogens (tertiary/aromatic N) is 4. The van der Waals surface area contributed by atoms with Crippen LogP contribution in [0.15, 0.2) is 5.11 Å². The van der Waals surface area contributed by atoms with E-state index in [4.69, 9.17) is 14.7 Å². The van der Waals surface area contributed by atoms with E-state index in [1.807, 2.05) is 25.7 Å². The van der Waals surface area contributed by atoms with Crippen molar-refractivity contribution in [2.24, 2.45) is 5.11 Å². The first-order valence-corrected chi connectivity index (χ1v) is 12.9. The van der Waals surface area contributed by atoms with Crippen LogP contribution in [0.1, 0.15) is 67.2 Å².